The molecule has 0 spiro atoms. The van der Waals surface area contributed by atoms with Gasteiger partial charge in [0, 0.05) is 23.5 Å². The van der Waals surface area contributed by atoms with Crippen molar-refractivity contribution < 1.29 is 0 Å². The van der Waals surface area contributed by atoms with Crippen molar-refractivity contribution in [2.75, 3.05) is 6.54 Å². The van der Waals surface area contributed by atoms with Gasteiger partial charge >= 0.3 is 0 Å². The van der Waals surface area contributed by atoms with Crippen LogP contribution in [0.2, 0.25) is 0 Å². The monoisotopic (exact) mass is 302 g/mol. The van der Waals surface area contributed by atoms with Crippen LogP contribution >= 0.6 is 11.3 Å². The smallest absolute Gasteiger partial charge is 0.0943 e. The molecule has 114 valence electrons. The first-order valence-electron chi connectivity index (χ1n) is 7.87. The van der Waals surface area contributed by atoms with Crippen molar-refractivity contribution in [2.24, 2.45) is 0 Å². The van der Waals surface area contributed by atoms with Crippen molar-refractivity contribution in [1.82, 2.24) is 10.3 Å². The fourth-order valence-electron chi connectivity index (χ4n) is 2.43. The van der Waals surface area contributed by atoms with Crippen molar-refractivity contribution in [3.63, 3.8) is 0 Å². The van der Waals surface area contributed by atoms with E-state index in [2.05, 4.69) is 60.7 Å². The van der Waals surface area contributed by atoms with E-state index in [1.807, 2.05) is 0 Å². The number of rotatable bonds is 8. The lowest BCUT2D eigenvalue weighted by Gasteiger charge is -2.17. The molecule has 1 N–H and O–H groups in total. The van der Waals surface area contributed by atoms with Gasteiger partial charge in [-0.2, -0.15) is 0 Å². The summed E-state index contributed by atoms with van der Waals surface area (Å²) >= 11 is 1.78. The zero-order valence-corrected chi connectivity index (χ0v) is 14.2. The zero-order valence-electron chi connectivity index (χ0n) is 13.4. The quantitative estimate of drug-likeness (QED) is 0.786. The zero-order chi connectivity index (χ0) is 15.1. The van der Waals surface area contributed by atoms with Gasteiger partial charge in [-0.25, -0.2) is 4.98 Å². The van der Waals surface area contributed by atoms with Gasteiger partial charge in [0.1, 0.15) is 0 Å². The third-order valence-electron chi connectivity index (χ3n) is 3.67. The number of benzene rings is 1. The predicted octanol–water partition coefficient (Wildman–Crippen LogP) is 4.30. The first-order valence-corrected chi connectivity index (χ1v) is 8.75. The summed E-state index contributed by atoms with van der Waals surface area (Å²) < 4.78 is 0. The van der Waals surface area contributed by atoms with E-state index < -0.39 is 0 Å². The van der Waals surface area contributed by atoms with Gasteiger partial charge in [-0.05, 0) is 45.2 Å². The fourth-order valence-corrected chi connectivity index (χ4v) is 3.28. The molecule has 1 aromatic heterocycles. The van der Waals surface area contributed by atoms with E-state index in [4.69, 9.17) is 0 Å². The molecule has 0 radical (unpaired) electrons. The molecule has 0 saturated carbocycles. The second-order valence-corrected chi connectivity index (χ2v) is 6.70. The highest BCUT2D eigenvalue weighted by Gasteiger charge is 2.11. The summed E-state index contributed by atoms with van der Waals surface area (Å²) in [6.07, 6.45) is 4.52. The molecule has 1 aromatic carbocycles. The summed E-state index contributed by atoms with van der Waals surface area (Å²) in [6, 6.07) is 9.43. The Kier molecular flexibility index (Phi) is 6.40. The summed E-state index contributed by atoms with van der Waals surface area (Å²) in [5.41, 5.74) is 3.90. The molecule has 1 atom stereocenters. The Labute approximate surface area is 132 Å². The van der Waals surface area contributed by atoms with E-state index in [9.17, 15) is 0 Å². The Morgan fingerprint density at radius 1 is 1.19 bits per heavy atom. The van der Waals surface area contributed by atoms with Gasteiger partial charge in [0.2, 0.25) is 0 Å². The van der Waals surface area contributed by atoms with Crippen molar-refractivity contribution in [3.8, 4) is 0 Å². The Hall–Kier alpha value is -1.19. The number of nitrogens with zero attached hydrogens (tertiary/aromatic N) is 1. The van der Waals surface area contributed by atoms with Crippen LogP contribution in [0.1, 0.15) is 41.6 Å². The Balaban J connectivity index is 1.90. The minimum absolute atomic E-state index is 0.525. The van der Waals surface area contributed by atoms with E-state index in [1.165, 1.54) is 29.0 Å². The second kappa shape index (κ2) is 8.30. The molecule has 2 rings (SSSR count). The van der Waals surface area contributed by atoms with Crippen LogP contribution in [0.15, 0.2) is 29.6 Å². The van der Waals surface area contributed by atoms with Gasteiger partial charge in [0.15, 0.2) is 0 Å². The SMILES string of the molecule is CCCNC(CCc1ccc(C)cc1)Cc1nc(C)cs1. The van der Waals surface area contributed by atoms with E-state index >= 15 is 0 Å². The van der Waals surface area contributed by atoms with Gasteiger partial charge in [0.25, 0.3) is 0 Å². The van der Waals surface area contributed by atoms with Crippen LogP contribution in [-0.2, 0) is 12.8 Å². The minimum atomic E-state index is 0.525. The van der Waals surface area contributed by atoms with Crippen molar-refractivity contribution >= 4 is 11.3 Å². The first kappa shape index (κ1) is 16.2. The third kappa shape index (κ3) is 5.60. The Morgan fingerprint density at radius 2 is 1.95 bits per heavy atom. The molecule has 0 aliphatic carbocycles. The number of hydrogen-bond acceptors (Lipinski definition) is 3. The maximum absolute atomic E-state index is 4.60. The highest BCUT2D eigenvalue weighted by atomic mass is 32.1. The van der Waals surface area contributed by atoms with Gasteiger partial charge in [-0.15, -0.1) is 11.3 Å². The van der Waals surface area contributed by atoms with Crippen LogP contribution in [0.4, 0.5) is 0 Å². The maximum atomic E-state index is 4.60. The number of nitrogens with one attached hydrogen (secondary N) is 1. The Bertz CT molecular complexity index is 530. The molecule has 21 heavy (non-hydrogen) atoms. The van der Waals surface area contributed by atoms with E-state index in [0.29, 0.717) is 6.04 Å². The summed E-state index contributed by atoms with van der Waals surface area (Å²) in [7, 11) is 0. The van der Waals surface area contributed by atoms with Crippen LogP contribution in [0, 0.1) is 13.8 Å². The largest absolute Gasteiger partial charge is 0.314 e. The maximum Gasteiger partial charge on any atom is 0.0943 e. The Morgan fingerprint density at radius 3 is 2.57 bits per heavy atom. The molecule has 0 aliphatic rings. The average Bonchev–Trinajstić information content (AvgIpc) is 2.89. The third-order valence-corrected chi connectivity index (χ3v) is 4.66. The normalized spacial score (nSPS) is 12.5. The summed E-state index contributed by atoms with van der Waals surface area (Å²) in [6.45, 7) is 7.52. The van der Waals surface area contributed by atoms with Crippen molar-refractivity contribution in [3.05, 3.63) is 51.5 Å². The summed E-state index contributed by atoms with van der Waals surface area (Å²) in [5.74, 6) is 0. The van der Waals surface area contributed by atoms with Gasteiger partial charge in [0.05, 0.1) is 5.01 Å². The lowest BCUT2D eigenvalue weighted by molar-refractivity contribution is 0.477. The van der Waals surface area contributed by atoms with E-state index in [1.54, 1.807) is 11.3 Å². The molecular formula is C18H26N2S. The minimum Gasteiger partial charge on any atom is -0.314 e. The van der Waals surface area contributed by atoms with Crippen LogP contribution in [0.5, 0.6) is 0 Å². The van der Waals surface area contributed by atoms with Gasteiger partial charge in [-0.3, -0.25) is 0 Å². The second-order valence-electron chi connectivity index (χ2n) is 5.76. The molecule has 2 nitrogen and oxygen atoms in total. The van der Waals surface area contributed by atoms with Gasteiger partial charge in [-0.1, -0.05) is 36.8 Å². The summed E-state index contributed by atoms with van der Waals surface area (Å²) in [4.78, 5) is 4.60. The van der Waals surface area contributed by atoms with Gasteiger partial charge < -0.3 is 5.32 Å². The summed E-state index contributed by atoms with van der Waals surface area (Å²) in [5, 5.41) is 7.08. The number of thiazole rings is 1. The van der Waals surface area contributed by atoms with Crippen LogP contribution in [0.25, 0.3) is 0 Å². The molecule has 1 unspecified atom stereocenters. The highest BCUT2D eigenvalue weighted by molar-refractivity contribution is 7.09. The van der Waals surface area contributed by atoms with Crippen molar-refractivity contribution in [1.29, 1.82) is 0 Å². The average molecular weight is 302 g/mol. The predicted molar refractivity (Wildman–Crippen MR) is 92.1 cm³/mol. The molecule has 0 fully saturated rings. The number of aryl methyl sites for hydroxylation is 3. The molecule has 3 heteroatoms. The molecule has 0 aliphatic heterocycles. The standard InChI is InChI=1S/C18H26N2S/c1-4-11-19-17(12-18-20-15(3)13-21-18)10-9-16-7-5-14(2)6-8-16/h5-8,13,17,19H,4,9-12H2,1-3H3. The molecule has 1 heterocycles. The lowest BCUT2D eigenvalue weighted by Crippen LogP contribution is -2.32. The number of hydrogen-bond donors (Lipinski definition) is 1. The lowest BCUT2D eigenvalue weighted by atomic mass is 10.0. The number of aromatic nitrogens is 1. The molecule has 0 saturated heterocycles. The topological polar surface area (TPSA) is 24.9 Å². The van der Waals surface area contributed by atoms with Crippen LogP contribution in [-0.4, -0.2) is 17.6 Å². The highest BCUT2D eigenvalue weighted by Crippen LogP contribution is 2.14. The molecule has 0 bridgehead atoms. The van der Waals surface area contributed by atoms with Crippen LogP contribution in [0.3, 0.4) is 0 Å². The van der Waals surface area contributed by atoms with Crippen LogP contribution < -0.4 is 5.32 Å². The van der Waals surface area contributed by atoms with E-state index in [0.717, 1.165) is 25.1 Å². The molecule has 2 aromatic rings. The van der Waals surface area contributed by atoms with Crippen molar-refractivity contribution in [2.45, 2.75) is 52.5 Å². The first-order chi connectivity index (χ1) is 10.2. The van der Waals surface area contributed by atoms with E-state index in [-0.39, 0.29) is 0 Å². The molecular weight excluding hydrogens is 276 g/mol. The fraction of sp³-hybridized carbons (Fsp3) is 0.500. The molecule has 0 amide bonds.